The van der Waals surface area contributed by atoms with Gasteiger partial charge in [0.25, 0.3) is 11.8 Å². The van der Waals surface area contributed by atoms with Crippen LogP contribution in [0.3, 0.4) is 0 Å². The Morgan fingerprint density at radius 2 is 1.92 bits per heavy atom. The SMILES string of the molecule is Nc1ncc(C(=O)N2CCOCC2)nc1-c1ccc(C(=O)N[C@H](CO)c2cc(F)cc(Br)c2)c(F)c1.S. The molecule has 2 heterocycles. The van der Waals surface area contributed by atoms with Gasteiger partial charge in [0.15, 0.2) is 0 Å². The summed E-state index contributed by atoms with van der Waals surface area (Å²) in [6.45, 7) is 1.14. The summed E-state index contributed by atoms with van der Waals surface area (Å²) in [5.41, 5.74) is 6.30. The van der Waals surface area contributed by atoms with Crippen LogP contribution in [0.15, 0.2) is 47.1 Å². The lowest BCUT2D eigenvalue weighted by molar-refractivity contribution is 0.0299. The number of ether oxygens (including phenoxy) is 1. The third-order valence-corrected chi connectivity index (χ3v) is 6.04. The van der Waals surface area contributed by atoms with E-state index in [0.717, 1.165) is 12.1 Å². The highest BCUT2D eigenvalue weighted by molar-refractivity contribution is 9.10. The predicted molar refractivity (Wildman–Crippen MR) is 140 cm³/mol. The van der Waals surface area contributed by atoms with Crippen LogP contribution in [0.25, 0.3) is 11.3 Å². The zero-order valence-electron chi connectivity index (χ0n) is 19.4. The first-order valence-corrected chi connectivity index (χ1v) is 11.7. The van der Waals surface area contributed by atoms with E-state index in [1.807, 2.05) is 0 Å². The number of halogens is 3. The first kappa shape index (κ1) is 28.4. The van der Waals surface area contributed by atoms with E-state index >= 15 is 0 Å². The van der Waals surface area contributed by atoms with Crippen LogP contribution in [-0.2, 0) is 4.74 Å². The summed E-state index contributed by atoms with van der Waals surface area (Å²) in [5, 5.41) is 12.2. The number of rotatable bonds is 6. The maximum Gasteiger partial charge on any atom is 0.274 e. The molecule has 13 heteroatoms. The average molecular weight is 596 g/mol. The van der Waals surface area contributed by atoms with Crippen molar-refractivity contribution in [3.63, 3.8) is 0 Å². The molecule has 1 saturated heterocycles. The number of aromatic nitrogens is 2. The standard InChI is InChI=1S/C24H22BrF2N5O4.H2S/c25-15-7-14(8-16(26)10-15)20(12-33)31-23(34)17-2-1-13(9-18(17)27)21-22(28)29-11-19(30-21)24(35)32-3-5-36-6-4-32;/h1-2,7-11,20,33H,3-6,12H2,(H2,28,29)(H,31,34);1H2/t20-;/m1./s1. The summed E-state index contributed by atoms with van der Waals surface area (Å²) < 4.78 is 34.4. The molecule has 1 aliphatic rings. The fourth-order valence-corrected chi connectivity index (χ4v) is 4.22. The monoisotopic (exact) mass is 595 g/mol. The van der Waals surface area contributed by atoms with Crippen molar-refractivity contribution in [1.29, 1.82) is 0 Å². The highest BCUT2D eigenvalue weighted by Crippen LogP contribution is 2.26. The number of nitrogens with one attached hydrogen (secondary N) is 1. The Morgan fingerprint density at radius 3 is 2.57 bits per heavy atom. The number of morpholine rings is 1. The number of nitrogens with two attached hydrogens (primary N) is 1. The van der Waals surface area contributed by atoms with E-state index in [-0.39, 0.29) is 47.7 Å². The summed E-state index contributed by atoms with van der Waals surface area (Å²) in [7, 11) is 0. The number of aliphatic hydroxyl groups excluding tert-OH is 1. The molecule has 4 rings (SSSR count). The van der Waals surface area contributed by atoms with Crippen LogP contribution >= 0.6 is 29.4 Å². The van der Waals surface area contributed by atoms with Crippen LogP contribution in [0.2, 0.25) is 0 Å². The van der Waals surface area contributed by atoms with E-state index in [9.17, 15) is 23.5 Å². The number of benzene rings is 2. The summed E-state index contributed by atoms with van der Waals surface area (Å²) in [5.74, 6) is -2.61. The van der Waals surface area contributed by atoms with Gasteiger partial charge in [-0.3, -0.25) is 9.59 Å². The van der Waals surface area contributed by atoms with E-state index in [2.05, 4.69) is 31.2 Å². The number of nitrogens with zero attached hydrogens (tertiary/aromatic N) is 3. The smallest absolute Gasteiger partial charge is 0.274 e. The molecule has 0 bridgehead atoms. The van der Waals surface area contributed by atoms with Gasteiger partial charge >= 0.3 is 0 Å². The van der Waals surface area contributed by atoms with Crippen molar-refractivity contribution in [2.45, 2.75) is 6.04 Å². The van der Waals surface area contributed by atoms with Gasteiger partial charge in [0.1, 0.15) is 28.8 Å². The quantitative estimate of drug-likeness (QED) is 0.399. The molecule has 3 aromatic rings. The van der Waals surface area contributed by atoms with Crippen molar-refractivity contribution in [3.05, 3.63) is 75.5 Å². The maximum absolute atomic E-state index is 15.0. The Kier molecular flexibility index (Phi) is 9.54. The van der Waals surface area contributed by atoms with Gasteiger partial charge in [0.2, 0.25) is 0 Å². The fraction of sp³-hybridized carbons (Fsp3) is 0.250. The summed E-state index contributed by atoms with van der Waals surface area (Å²) >= 11 is 3.16. The van der Waals surface area contributed by atoms with Crippen LogP contribution in [0.5, 0.6) is 0 Å². The van der Waals surface area contributed by atoms with Crippen LogP contribution < -0.4 is 11.1 Å². The van der Waals surface area contributed by atoms with Crippen LogP contribution in [0.4, 0.5) is 14.6 Å². The lowest BCUT2D eigenvalue weighted by Crippen LogP contribution is -2.41. The maximum atomic E-state index is 15.0. The van der Waals surface area contributed by atoms with Crippen LogP contribution in [0.1, 0.15) is 32.5 Å². The van der Waals surface area contributed by atoms with Crippen molar-refractivity contribution < 1.29 is 28.2 Å². The molecule has 196 valence electrons. The van der Waals surface area contributed by atoms with E-state index in [1.165, 1.54) is 30.5 Å². The van der Waals surface area contributed by atoms with Gasteiger partial charge in [0.05, 0.1) is 37.6 Å². The molecule has 0 unspecified atom stereocenters. The second-order valence-electron chi connectivity index (χ2n) is 8.00. The van der Waals surface area contributed by atoms with Crippen molar-refractivity contribution in [1.82, 2.24) is 20.2 Å². The molecule has 2 aromatic carbocycles. The number of aliphatic hydroxyl groups is 1. The first-order valence-electron chi connectivity index (χ1n) is 10.9. The zero-order valence-corrected chi connectivity index (χ0v) is 22.0. The van der Waals surface area contributed by atoms with Crippen molar-refractivity contribution in [3.8, 4) is 11.3 Å². The summed E-state index contributed by atoms with van der Waals surface area (Å²) in [6, 6.07) is 6.69. The lowest BCUT2D eigenvalue weighted by Gasteiger charge is -2.26. The Hall–Kier alpha value is -3.13. The van der Waals surface area contributed by atoms with E-state index in [4.69, 9.17) is 10.5 Å². The average Bonchev–Trinajstić information content (AvgIpc) is 2.86. The fourth-order valence-electron chi connectivity index (χ4n) is 3.74. The summed E-state index contributed by atoms with van der Waals surface area (Å²) in [4.78, 5) is 35.4. The van der Waals surface area contributed by atoms with Gasteiger partial charge < -0.3 is 25.8 Å². The van der Waals surface area contributed by atoms with E-state index in [0.29, 0.717) is 36.3 Å². The van der Waals surface area contributed by atoms with Crippen LogP contribution in [-0.4, -0.2) is 64.7 Å². The molecule has 9 nitrogen and oxygen atoms in total. The Morgan fingerprint density at radius 1 is 1.19 bits per heavy atom. The number of amides is 2. The molecule has 0 saturated carbocycles. The minimum Gasteiger partial charge on any atom is -0.394 e. The van der Waals surface area contributed by atoms with Gasteiger partial charge in [-0.15, -0.1) is 0 Å². The van der Waals surface area contributed by atoms with E-state index in [1.54, 1.807) is 4.90 Å². The van der Waals surface area contributed by atoms with Gasteiger partial charge in [-0.25, -0.2) is 18.7 Å². The Bertz CT molecular complexity index is 1290. The molecular weight excluding hydrogens is 572 g/mol. The minimum absolute atomic E-state index is 0. The van der Waals surface area contributed by atoms with Crippen molar-refractivity contribution >= 4 is 47.1 Å². The third-order valence-electron chi connectivity index (χ3n) is 5.58. The lowest BCUT2D eigenvalue weighted by atomic mass is 10.0. The highest BCUT2D eigenvalue weighted by atomic mass is 79.9. The predicted octanol–water partition coefficient (Wildman–Crippen LogP) is 2.82. The number of nitrogen functional groups attached to an aromatic ring is 1. The molecule has 1 atom stereocenters. The molecule has 0 radical (unpaired) electrons. The van der Waals surface area contributed by atoms with Crippen LogP contribution in [0, 0.1) is 11.6 Å². The second-order valence-corrected chi connectivity index (χ2v) is 8.92. The van der Waals surface area contributed by atoms with Gasteiger partial charge in [-0.1, -0.05) is 22.0 Å². The number of carbonyl (C=O) groups is 2. The molecule has 37 heavy (non-hydrogen) atoms. The van der Waals surface area contributed by atoms with E-state index < -0.39 is 30.2 Å². The molecule has 0 spiro atoms. The van der Waals surface area contributed by atoms with Crippen molar-refractivity contribution in [2.24, 2.45) is 0 Å². The van der Waals surface area contributed by atoms with Gasteiger partial charge in [-0.05, 0) is 35.9 Å². The molecule has 1 aliphatic heterocycles. The molecule has 2 amide bonds. The Labute approximate surface area is 226 Å². The zero-order chi connectivity index (χ0) is 25.8. The van der Waals surface area contributed by atoms with Crippen molar-refractivity contribution in [2.75, 3.05) is 38.6 Å². The minimum atomic E-state index is -0.965. The summed E-state index contributed by atoms with van der Waals surface area (Å²) in [6.07, 6.45) is 1.26. The number of hydrogen-bond acceptors (Lipinski definition) is 7. The third kappa shape index (κ3) is 6.60. The topological polar surface area (TPSA) is 131 Å². The molecule has 0 aliphatic carbocycles. The number of hydrogen-bond donors (Lipinski definition) is 3. The first-order chi connectivity index (χ1) is 17.3. The highest BCUT2D eigenvalue weighted by Gasteiger charge is 2.23. The van der Waals surface area contributed by atoms with Gasteiger partial charge in [0, 0.05) is 23.1 Å². The normalized spacial score (nSPS) is 14.0. The molecule has 4 N–H and O–H groups in total. The molecule has 1 fully saturated rings. The van der Waals surface area contributed by atoms with Gasteiger partial charge in [-0.2, -0.15) is 13.5 Å². The number of carbonyl (C=O) groups excluding carboxylic acids is 2. The second kappa shape index (κ2) is 12.4. The molecular formula is C24H24BrF2N5O4S. The molecule has 1 aromatic heterocycles. The Balaban J connectivity index is 0.00000380. The number of anilines is 1. The largest absolute Gasteiger partial charge is 0.394 e.